The van der Waals surface area contributed by atoms with E-state index in [2.05, 4.69) is 15.4 Å². The van der Waals surface area contributed by atoms with Crippen molar-refractivity contribution in [1.29, 1.82) is 0 Å². The van der Waals surface area contributed by atoms with Crippen molar-refractivity contribution in [3.05, 3.63) is 65.7 Å². The van der Waals surface area contributed by atoms with Gasteiger partial charge in [0.05, 0.1) is 41.5 Å². The molecule has 3 aromatic carbocycles. The first-order valence-corrected chi connectivity index (χ1v) is 13.1. The average molecular weight is 512 g/mol. The summed E-state index contributed by atoms with van der Waals surface area (Å²) in [5.74, 6) is 0.886. The summed E-state index contributed by atoms with van der Waals surface area (Å²) < 4.78 is 16.8. The number of rotatable bonds is 7. The van der Waals surface area contributed by atoms with Gasteiger partial charge in [-0.25, -0.2) is 0 Å². The number of hydrogen-bond acceptors (Lipinski definition) is 8. The minimum absolute atomic E-state index is 0.0793. The Kier molecular flexibility index (Phi) is 6.23. The molecule has 1 aliphatic heterocycles. The van der Waals surface area contributed by atoms with E-state index < -0.39 is 0 Å². The number of nitrogens with one attached hydrogen (secondary N) is 1. The van der Waals surface area contributed by atoms with E-state index >= 15 is 0 Å². The maximum absolute atomic E-state index is 13.8. The molecule has 8 nitrogen and oxygen atoms in total. The number of aromatic nitrogens is 1. The monoisotopic (exact) mass is 511 g/mol. The first-order valence-electron chi connectivity index (χ1n) is 13.1. The van der Waals surface area contributed by atoms with Gasteiger partial charge >= 0.3 is 5.97 Å². The zero-order valence-electron chi connectivity index (χ0n) is 21.5. The fourth-order valence-corrected chi connectivity index (χ4v) is 5.49. The lowest BCUT2D eigenvalue weighted by atomic mass is 9.86. The third-order valence-corrected chi connectivity index (χ3v) is 7.20. The summed E-state index contributed by atoms with van der Waals surface area (Å²) >= 11 is 0. The van der Waals surface area contributed by atoms with Gasteiger partial charge in [0.1, 0.15) is 11.3 Å². The van der Waals surface area contributed by atoms with E-state index in [1.54, 1.807) is 0 Å². The molecule has 2 aliphatic rings. The number of ether oxygens (including phenoxy) is 2. The van der Waals surface area contributed by atoms with Crippen LogP contribution in [0, 0.1) is 5.92 Å². The van der Waals surface area contributed by atoms with Gasteiger partial charge in [-0.15, -0.1) is 0 Å². The van der Waals surface area contributed by atoms with Crippen LogP contribution in [0.1, 0.15) is 42.6 Å². The van der Waals surface area contributed by atoms with Gasteiger partial charge in [0, 0.05) is 29.9 Å². The maximum Gasteiger partial charge on any atom is 0.310 e. The first kappa shape index (κ1) is 24.0. The van der Waals surface area contributed by atoms with Gasteiger partial charge < -0.3 is 24.2 Å². The molecule has 1 unspecified atom stereocenters. The average Bonchev–Trinajstić information content (AvgIpc) is 3.39. The Bertz CT molecular complexity index is 1530. The molecule has 0 spiro atoms. The van der Waals surface area contributed by atoms with Crippen molar-refractivity contribution < 1.29 is 23.6 Å². The van der Waals surface area contributed by atoms with Gasteiger partial charge in [-0.1, -0.05) is 29.4 Å². The molecule has 38 heavy (non-hydrogen) atoms. The van der Waals surface area contributed by atoms with Crippen LogP contribution < -0.4 is 15.0 Å². The summed E-state index contributed by atoms with van der Waals surface area (Å²) in [6, 6.07) is 17.1. The molecular formula is C30H29N3O5. The van der Waals surface area contributed by atoms with E-state index in [0.717, 1.165) is 42.1 Å². The largest absolute Gasteiger partial charge is 0.494 e. The molecule has 0 saturated carbocycles. The van der Waals surface area contributed by atoms with Crippen LogP contribution in [0.25, 0.3) is 22.2 Å². The molecule has 6 rings (SSSR count). The Labute approximate surface area is 220 Å². The molecule has 1 aliphatic carbocycles. The molecule has 1 aromatic heterocycles. The molecule has 0 amide bonds. The molecule has 194 valence electrons. The fraction of sp³-hybridized carbons (Fsp3) is 0.300. The van der Waals surface area contributed by atoms with Crippen LogP contribution in [0.15, 0.2) is 59.1 Å². The molecule has 4 aromatic rings. The Hall–Kier alpha value is -4.33. The van der Waals surface area contributed by atoms with Crippen LogP contribution in [-0.2, 0) is 9.53 Å². The minimum Gasteiger partial charge on any atom is -0.494 e. The van der Waals surface area contributed by atoms with Gasteiger partial charge in [0.2, 0.25) is 0 Å². The number of hydrogen-bond donors (Lipinski definition) is 1. The zero-order chi connectivity index (χ0) is 26.2. The number of ketones is 1. The van der Waals surface area contributed by atoms with E-state index in [4.69, 9.17) is 14.0 Å². The summed E-state index contributed by atoms with van der Waals surface area (Å²) in [5, 5.41) is 8.62. The van der Waals surface area contributed by atoms with Gasteiger partial charge in [-0.2, -0.15) is 0 Å². The van der Waals surface area contributed by atoms with E-state index in [9.17, 15) is 9.59 Å². The Balaban J connectivity index is 1.48. The highest BCUT2D eigenvalue weighted by Gasteiger charge is 2.35. The number of piperidine rings is 1. The summed E-state index contributed by atoms with van der Waals surface area (Å²) in [7, 11) is 0. The topological polar surface area (TPSA) is 93.9 Å². The molecule has 2 heterocycles. The molecule has 8 heteroatoms. The van der Waals surface area contributed by atoms with Crippen LogP contribution in [0.4, 0.5) is 17.1 Å². The summed E-state index contributed by atoms with van der Waals surface area (Å²) in [5.41, 5.74) is 4.79. The summed E-state index contributed by atoms with van der Waals surface area (Å²) in [6.45, 7) is 6.00. The third-order valence-electron chi connectivity index (χ3n) is 7.20. The van der Waals surface area contributed by atoms with Crippen LogP contribution in [-0.4, -0.2) is 43.2 Å². The van der Waals surface area contributed by atoms with E-state index in [1.165, 1.54) is 0 Å². The van der Waals surface area contributed by atoms with Gasteiger partial charge in [-0.3, -0.25) is 9.59 Å². The van der Waals surface area contributed by atoms with E-state index in [-0.39, 0.29) is 17.7 Å². The number of carbonyl (C=O) groups excluding carboxylic acids is 2. The fourth-order valence-electron chi connectivity index (χ4n) is 5.49. The molecule has 1 fully saturated rings. The molecular weight excluding hydrogens is 482 g/mol. The quantitative estimate of drug-likeness (QED) is 0.268. The van der Waals surface area contributed by atoms with Gasteiger partial charge in [-0.05, 0) is 57.0 Å². The van der Waals surface area contributed by atoms with Gasteiger partial charge in [0.15, 0.2) is 11.5 Å². The highest BCUT2D eigenvalue weighted by atomic mass is 16.5. The van der Waals surface area contributed by atoms with Crippen molar-refractivity contribution in [3.63, 3.8) is 0 Å². The highest BCUT2D eigenvalue weighted by Crippen LogP contribution is 2.46. The summed E-state index contributed by atoms with van der Waals surface area (Å²) in [4.78, 5) is 28.6. The lowest BCUT2D eigenvalue weighted by Gasteiger charge is -2.34. The minimum atomic E-state index is -0.220. The number of nitrogens with zero attached hydrogens (tertiary/aromatic N) is 2. The third kappa shape index (κ3) is 4.06. The van der Waals surface area contributed by atoms with Crippen molar-refractivity contribution in [2.45, 2.75) is 26.7 Å². The predicted molar refractivity (Wildman–Crippen MR) is 145 cm³/mol. The first-order chi connectivity index (χ1) is 18.6. The Morgan fingerprint density at radius 1 is 1.11 bits per heavy atom. The normalized spacial score (nSPS) is 16.3. The Morgan fingerprint density at radius 3 is 2.66 bits per heavy atom. The lowest BCUT2D eigenvalue weighted by Crippen LogP contribution is -2.39. The molecule has 1 saturated heterocycles. The molecule has 0 radical (unpaired) electrons. The van der Waals surface area contributed by atoms with Crippen molar-refractivity contribution in [2.24, 2.45) is 5.92 Å². The second kappa shape index (κ2) is 9.85. The standard InChI is InChI=1S/C30H29N3O5/c1-3-36-20-13-11-19(12-14-20)31-23-16-24(33-15-7-8-18(17-33)30(35)37-4-2)27-26-25(23)28(34)21-9-5-6-10-22(21)29(26)38-32-27/h5-6,9-14,16,18,31H,3-4,7-8,15,17H2,1-2H3. The number of benzene rings is 3. The SMILES string of the molecule is CCOC(=O)C1CCCN(c2cc(Nc3ccc(OCC)cc3)c3c4c(onc24)-c2ccccc2C3=O)C1. The van der Waals surface area contributed by atoms with Crippen LogP contribution in [0.5, 0.6) is 5.75 Å². The van der Waals surface area contributed by atoms with Crippen molar-refractivity contribution in [2.75, 3.05) is 36.5 Å². The Morgan fingerprint density at radius 2 is 1.89 bits per heavy atom. The van der Waals surface area contributed by atoms with Crippen LogP contribution >= 0.6 is 0 Å². The highest BCUT2D eigenvalue weighted by molar-refractivity contribution is 6.28. The van der Waals surface area contributed by atoms with E-state index in [1.807, 2.05) is 68.4 Å². The number of esters is 1. The zero-order valence-corrected chi connectivity index (χ0v) is 21.5. The molecule has 1 N–H and O–H groups in total. The molecule has 1 atom stereocenters. The predicted octanol–water partition coefficient (Wildman–Crippen LogP) is 5.96. The van der Waals surface area contributed by atoms with Crippen molar-refractivity contribution >= 4 is 39.7 Å². The molecule has 0 bridgehead atoms. The number of carbonyl (C=O) groups is 2. The maximum atomic E-state index is 13.8. The van der Waals surface area contributed by atoms with Crippen LogP contribution in [0.2, 0.25) is 0 Å². The summed E-state index contributed by atoms with van der Waals surface area (Å²) in [6.07, 6.45) is 1.63. The van der Waals surface area contributed by atoms with Crippen molar-refractivity contribution in [1.82, 2.24) is 5.16 Å². The van der Waals surface area contributed by atoms with Crippen LogP contribution in [0.3, 0.4) is 0 Å². The number of fused-ring (bicyclic) bond motifs is 2. The van der Waals surface area contributed by atoms with Crippen molar-refractivity contribution in [3.8, 4) is 17.1 Å². The smallest absolute Gasteiger partial charge is 0.310 e. The van der Waals surface area contributed by atoms with Gasteiger partial charge in [0.25, 0.3) is 0 Å². The lowest BCUT2D eigenvalue weighted by molar-refractivity contribution is -0.148. The second-order valence-electron chi connectivity index (χ2n) is 9.55. The number of anilines is 3. The van der Waals surface area contributed by atoms with E-state index in [0.29, 0.717) is 53.2 Å². The second-order valence-corrected chi connectivity index (χ2v) is 9.55.